The summed E-state index contributed by atoms with van der Waals surface area (Å²) < 4.78 is 12.2. The van der Waals surface area contributed by atoms with E-state index in [9.17, 15) is 9.90 Å². The van der Waals surface area contributed by atoms with Gasteiger partial charge in [0.25, 0.3) is 5.91 Å². The van der Waals surface area contributed by atoms with Crippen LogP contribution in [-0.4, -0.2) is 22.4 Å². The molecule has 3 aromatic rings. The van der Waals surface area contributed by atoms with Gasteiger partial charge in [-0.3, -0.25) is 4.79 Å². The van der Waals surface area contributed by atoms with Crippen molar-refractivity contribution < 1.29 is 19.4 Å². The Morgan fingerprint density at radius 3 is 2.84 bits per heavy atom. The second-order valence-corrected chi connectivity index (χ2v) is 5.51. The van der Waals surface area contributed by atoms with Crippen molar-refractivity contribution in [1.82, 2.24) is 4.57 Å². The van der Waals surface area contributed by atoms with E-state index in [2.05, 4.69) is 10.2 Å². The van der Waals surface area contributed by atoms with Crippen LogP contribution in [0.3, 0.4) is 0 Å². The summed E-state index contributed by atoms with van der Waals surface area (Å²) in [5, 5.41) is 18.9. The van der Waals surface area contributed by atoms with Crippen LogP contribution in [0, 0.1) is 0 Å². The Hall–Kier alpha value is -3.35. The molecule has 1 aliphatic rings. The van der Waals surface area contributed by atoms with Crippen LogP contribution in [-0.2, 0) is 6.54 Å². The van der Waals surface area contributed by atoms with Crippen LogP contribution < -0.4 is 9.47 Å². The van der Waals surface area contributed by atoms with E-state index in [4.69, 9.17) is 9.47 Å². The summed E-state index contributed by atoms with van der Waals surface area (Å²) in [5.41, 5.74) is 1.46. The predicted octanol–water partition coefficient (Wildman–Crippen LogP) is 4.02. The molecule has 0 saturated heterocycles. The molecule has 0 saturated carbocycles. The van der Waals surface area contributed by atoms with E-state index >= 15 is 0 Å². The number of amides is 1. The third-order valence-electron chi connectivity index (χ3n) is 4.09. The summed E-state index contributed by atoms with van der Waals surface area (Å²) in [5.74, 6) is 0.570. The van der Waals surface area contributed by atoms with Crippen LogP contribution in [0.2, 0.25) is 0 Å². The fraction of sp³-hybridized carbons (Fsp3) is 0.167. The number of fused-ring (bicyclic) bond motifs is 2. The van der Waals surface area contributed by atoms with Gasteiger partial charge in [0.15, 0.2) is 17.2 Å². The van der Waals surface area contributed by atoms with Crippen molar-refractivity contribution in [2.75, 3.05) is 6.79 Å². The summed E-state index contributed by atoms with van der Waals surface area (Å²) in [6.07, 6.45) is 0. The van der Waals surface area contributed by atoms with Crippen LogP contribution in [0.5, 0.6) is 17.4 Å². The van der Waals surface area contributed by atoms with Crippen LogP contribution in [0.15, 0.2) is 52.7 Å². The average Bonchev–Trinajstić information content (AvgIpc) is 3.20. The van der Waals surface area contributed by atoms with Gasteiger partial charge < -0.3 is 19.1 Å². The van der Waals surface area contributed by atoms with E-state index in [1.807, 2.05) is 31.2 Å². The molecule has 126 valence electrons. The number of para-hydroxylation sites is 1. The molecule has 0 unspecified atom stereocenters. The topological polar surface area (TPSA) is 85.4 Å². The Labute approximate surface area is 143 Å². The lowest BCUT2D eigenvalue weighted by molar-refractivity contribution is 0.0994. The monoisotopic (exact) mass is 337 g/mol. The van der Waals surface area contributed by atoms with Crippen LogP contribution in [0.25, 0.3) is 10.9 Å². The lowest BCUT2D eigenvalue weighted by Crippen LogP contribution is -1.94. The molecule has 0 fully saturated rings. The molecule has 25 heavy (non-hydrogen) atoms. The number of aromatic hydroxyl groups is 1. The van der Waals surface area contributed by atoms with Gasteiger partial charge in [-0.1, -0.05) is 18.2 Å². The molecule has 0 aliphatic carbocycles. The first-order valence-electron chi connectivity index (χ1n) is 7.85. The van der Waals surface area contributed by atoms with Crippen molar-refractivity contribution in [3.05, 3.63) is 48.0 Å². The molecular weight excluding hydrogens is 322 g/mol. The Balaban J connectivity index is 1.69. The summed E-state index contributed by atoms with van der Waals surface area (Å²) >= 11 is 0. The third kappa shape index (κ3) is 2.50. The van der Waals surface area contributed by atoms with Gasteiger partial charge in [-0.15, -0.1) is 10.2 Å². The maximum Gasteiger partial charge on any atom is 0.295 e. The molecule has 0 spiro atoms. The highest BCUT2D eigenvalue weighted by Crippen LogP contribution is 2.39. The molecule has 2 heterocycles. The van der Waals surface area contributed by atoms with E-state index in [-0.39, 0.29) is 18.4 Å². The highest BCUT2D eigenvalue weighted by Gasteiger charge is 2.18. The lowest BCUT2D eigenvalue weighted by atomic mass is 10.2. The highest BCUT2D eigenvalue weighted by atomic mass is 16.7. The number of carbonyl (C=O) groups excluding carboxylic acids is 1. The van der Waals surface area contributed by atoms with Gasteiger partial charge in [-0.05, 0) is 31.2 Å². The normalized spacial score (nSPS) is 13.0. The van der Waals surface area contributed by atoms with Crippen molar-refractivity contribution in [3.63, 3.8) is 0 Å². The fourth-order valence-corrected chi connectivity index (χ4v) is 2.87. The van der Waals surface area contributed by atoms with Crippen LogP contribution >= 0.6 is 0 Å². The number of carbonyl (C=O) groups is 1. The molecule has 1 aromatic heterocycles. The van der Waals surface area contributed by atoms with Gasteiger partial charge in [0.2, 0.25) is 12.7 Å². The zero-order valence-electron chi connectivity index (χ0n) is 13.5. The van der Waals surface area contributed by atoms with E-state index in [0.29, 0.717) is 23.6 Å². The lowest BCUT2D eigenvalue weighted by Gasteiger charge is -2.01. The Bertz CT molecular complexity index is 1010. The number of nitrogens with zero attached hydrogens (tertiary/aromatic N) is 3. The minimum atomic E-state index is -0.522. The van der Waals surface area contributed by atoms with E-state index < -0.39 is 5.91 Å². The predicted molar refractivity (Wildman–Crippen MR) is 90.7 cm³/mol. The minimum absolute atomic E-state index is 0.00839. The molecule has 0 atom stereocenters. The van der Waals surface area contributed by atoms with E-state index in [0.717, 1.165) is 10.9 Å². The number of ether oxygens (including phenoxy) is 2. The second-order valence-electron chi connectivity index (χ2n) is 5.51. The summed E-state index contributed by atoms with van der Waals surface area (Å²) in [6, 6.07) is 12.3. The van der Waals surface area contributed by atoms with E-state index in [1.165, 1.54) is 0 Å². The first-order valence-corrected chi connectivity index (χ1v) is 7.85. The molecule has 2 aromatic carbocycles. The zero-order chi connectivity index (χ0) is 17.4. The zero-order valence-corrected chi connectivity index (χ0v) is 13.5. The van der Waals surface area contributed by atoms with Crippen molar-refractivity contribution in [3.8, 4) is 17.4 Å². The van der Waals surface area contributed by atoms with Gasteiger partial charge in [-0.25, -0.2) is 0 Å². The Morgan fingerprint density at radius 1 is 1.20 bits per heavy atom. The quantitative estimate of drug-likeness (QED) is 0.731. The third-order valence-corrected chi connectivity index (χ3v) is 4.09. The summed E-state index contributed by atoms with van der Waals surface area (Å²) in [7, 11) is 0. The summed E-state index contributed by atoms with van der Waals surface area (Å²) in [4.78, 5) is 12.3. The Kier molecular flexibility index (Phi) is 3.61. The first-order chi connectivity index (χ1) is 12.2. The van der Waals surface area contributed by atoms with E-state index in [1.54, 1.807) is 22.8 Å². The number of aryl methyl sites for hydroxylation is 1. The second kappa shape index (κ2) is 5.94. The number of aromatic nitrogens is 1. The molecule has 7 heteroatoms. The molecular formula is C18H15N3O4. The number of azo groups is 1. The standard InChI is InChI=1S/C18H15N3O4/c1-2-21-13-6-4-3-5-12(13)16(18(21)23)19-20-17(22)11-7-8-14-15(9-11)25-10-24-14/h3-9,23H,2,10H2,1H3. The van der Waals surface area contributed by atoms with Gasteiger partial charge in [-0.2, -0.15) is 0 Å². The van der Waals surface area contributed by atoms with Crippen molar-refractivity contribution in [2.45, 2.75) is 13.5 Å². The van der Waals surface area contributed by atoms with Crippen LogP contribution in [0.4, 0.5) is 5.69 Å². The molecule has 1 N–H and O–H groups in total. The van der Waals surface area contributed by atoms with Gasteiger partial charge in [0.05, 0.1) is 5.52 Å². The minimum Gasteiger partial charge on any atom is -0.493 e. The molecule has 0 radical (unpaired) electrons. The number of hydrogen-bond donors (Lipinski definition) is 1. The Morgan fingerprint density at radius 2 is 2.00 bits per heavy atom. The van der Waals surface area contributed by atoms with Gasteiger partial charge in [0, 0.05) is 17.5 Å². The van der Waals surface area contributed by atoms with Crippen molar-refractivity contribution in [2.24, 2.45) is 10.2 Å². The molecule has 4 rings (SSSR count). The number of rotatable bonds is 3. The molecule has 1 aliphatic heterocycles. The molecule has 1 amide bonds. The molecule has 0 bridgehead atoms. The number of benzene rings is 2. The maximum atomic E-state index is 12.3. The molecule has 7 nitrogen and oxygen atoms in total. The average molecular weight is 337 g/mol. The first kappa shape index (κ1) is 15.2. The maximum absolute atomic E-state index is 12.3. The fourth-order valence-electron chi connectivity index (χ4n) is 2.87. The summed E-state index contributed by atoms with van der Waals surface area (Å²) in [6.45, 7) is 2.64. The SMILES string of the molecule is CCn1c(O)c(N=NC(=O)c2ccc3c(c2)OCO3)c2ccccc21. The van der Waals surface area contributed by atoms with Gasteiger partial charge in [0.1, 0.15) is 0 Å². The number of hydrogen-bond acceptors (Lipinski definition) is 5. The van der Waals surface area contributed by atoms with Crippen molar-refractivity contribution in [1.29, 1.82) is 0 Å². The van der Waals surface area contributed by atoms with Gasteiger partial charge >= 0.3 is 0 Å². The smallest absolute Gasteiger partial charge is 0.295 e. The van der Waals surface area contributed by atoms with Crippen molar-refractivity contribution >= 4 is 22.5 Å². The highest BCUT2D eigenvalue weighted by molar-refractivity contribution is 5.97. The van der Waals surface area contributed by atoms with Crippen LogP contribution in [0.1, 0.15) is 17.3 Å². The largest absolute Gasteiger partial charge is 0.493 e.